The van der Waals surface area contributed by atoms with Crippen LogP contribution in [-0.4, -0.2) is 18.0 Å². The van der Waals surface area contributed by atoms with Crippen LogP contribution in [0.5, 0.6) is 5.75 Å². The fraction of sp³-hybridized carbons (Fsp3) is 0.273. The number of anilines is 1. The first kappa shape index (κ1) is 20.4. The van der Waals surface area contributed by atoms with E-state index in [0.29, 0.717) is 0 Å². The molecule has 1 aromatic heterocycles. The number of carbonyl (C=O) groups is 1. The lowest BCUT2D eigenvalue weighted by Crippen LogP contribution is -2.14. The second-order valence-electron chi connectivity index (χ2n) is 6.73. The molecule has 0 aliphatic heterocycles. The number of methoxy groups -OCH3 is 1. The van der Waals surface area contributed by atoms with E-state index < -0.39 is 0 Å². The molecule has 1 heterocycles. The van der Waals surface area contributed by atoms with Gasteiger partial charge in [-0.3, -0.25) is 4.79 Å². The second kappa shape index (κ2) is 9.26. The maximum Gasteiger partial charge on any atom is 0.230 e. The van der Waals surface area contributed by atoms with Gasteiger partial charge in [0.05, 0.1) is 19.2 Å². The molecule has 146 valence electrons. The van der Waals surface area contributed by atoms with Crippen LogP contribution in [0.15, 0.2) is 46.1 Å². The van der Waals surface area contributed by atoms with Gasteiger partial charge in [0, 0.05) is 16.8 Å². The molecule has 0 atom stereocenters. The van der Waals surface area contributed by atoms with E-state index in [9.17, 15) is 4.79 Å². The molecule has 6 heteroatoms. The molecule has 0 fully saturated rings. The van der Waals surface area contributed by atoms with Crippen LogP contribution >= 0.6 is 23.1 Å². The number of rotatable bonds is 7. The van der Waals surface area contributed by atoms with Gasteiger partial charge in [0.15, 0.2) is 0 Å². The Morgan fingerprint density at radius 2 is 1.96 bits per heavy atom. The van der Waals surface area contributed by atoms with E-state index >= 15 is 0 Å². The molecule has 0 spiro atoms. The number of amides is 1. The molecule has 0 saturated heterocycles. The molecule has 0 aliphatic carbocycles. The summed E-state index contributed by atoms with van der Waals surface area (Å²) >= 11 is 3.31. The Morgan fingerprint density at radius 3 is 2.71 bits per heavy atom. The van der Waals surface area contributed by atoms with Crippen molar-refractivity contribution in [2.75, 3.05) is 12.4 Å². The highest BCUT2D eigenvalue weighted by atomic mass is 32.2. The van der Waals surface area contributed by atoms with Gasteiger partial charge in [-0.1, -0.05) is 35.5 Å². The van der Waals surface area contributed by atoms with Gasteiger partial charge >= 0.3 is 0 Å². The van der Waals surface area contributed by atoms with Crippen molar-refractivity contribution in [2.24, 2.45) is 0 Å². The number of thioether (sulfide) groups is 1. The smallest absolute Gasteiger partial charge is 0.230 e. The zero-order chi connectivity index (χ0) is 20.1. The summed E-state index contributed by atoms with van der Waals surface area (Å²) in [5.41, 5.74) is 6.45. The monoisotopic (exact) mass is 412 g/mol. The summed E-state index contributed by atoms with van der Waals surface area (Å²) in [6.07, 6.45) is 0.269. The summed E-state index contributed by atoms with van der Waals surface area (Å²) in [7, 11) is 1.64. The predicted molar refractivity (Wildman–Crippen MR) is 118 cm³/mol. The van der Waals surface area contributed by atoms with Crippen molar-refractivity contribution in [3.05, 3.63) is 69.7 Å². The average molecular weight is 413 g/mol. The highest BCUT2D eigenvalue weighted by Gasteiger charge is 2.10. The van der Waals surface area contributed by atoms with Crippen molar-refractivity contribution < 1.29 is 9.53 Å². The number of hydrogen-bond acceptors (Lipinski definition) is 5. The second-order valence-corrected chi connectivity index (χ2v) is 8.81. The number of hydrogen-bond donors (Lipinski definition) is 1. The number of nitrogens with zero attached hydrogens (tertiary/aromatic N) is 1. The topological polar surface area (TPSA) is 51.2 Å². The van der Waals surface area contributed by atoms with Crippen LogP contribution in [0.1, 0.15) is 27.9 Å². The van der Waals surface area contributed by atoms with E-state index in [-0.39, 0.29) is 12.3 Å². The maximum absolute atomic E-state index is 12.3. The van der Waals surface area contributed by atoms with E-state index in [0.717, 1.165) is 32.8 Å². The Hall–Kier alpha value is -2.31. The Labute approximate surface area is 174 Å². The molecule has 28 heavy (non-hydrogen) atoms. The quantitative estimate of drug-likeness (QED) is 0.517. The molecule has 0 unspecified atom stereocenters. The first-order chi connectivity index (χ1) is 13.4. The van der Waals surface area contributed by atoms with Gasteiger partial charge in [0.1, 0.15) is 10.1 Å². The van der Waals surface area contributed by atoms with Crippen LogP contribution in [0.3, 0.4) is 0 Å². The fourth-order valence-corrected chi connectivity index (χ4v) is 4.76. The van der Waals surface area contributed by atoms with Gasteiger partial charge in [0.2, 0.25) is 5.91 Å². The molecule has 1 amide bonds. The fourth-order valence-electron chi connectivity index (χ4n) is 2.86. The standard InChI is InChI=1S/C22H24N2O2S2/c1-14-5-6-15(2)17(9-14)12-27-22-24-19(13-28-22)11-21(25)23-18-7-8-20(26-4)16(3)10-18/h5-10,13H,11-12H2,1-4H3,(H,23,25). The summed E-state index contributed by atoms with van der Waals surface area (Å²) in [6, 6.07) is 12.1. The van der Waals surface area contributed by atoms with E-state index in [4.69, 9.17) is 4.74 Å². The first-order valence-corrected chi connectivity index (χ1v) is 10.9. The molecular formula is C22H24N2O2S2. The Bertz CT molecular complexity index is 982. The predicted octanol–water partition coefficient (Wildman–Crippen LogP) is 5.55. The average Bonchev–Trinajstić information content (AvgIpc) is 3.09. The van der Waals surface area contributed by atoms with E-state index in [1.54, 1.807) is 30.2 Å². The van der Waals surface area contributed by atoms with Gasteiger partial charge in [-0.15, -0.1) is 11.3 Å². The largest absolute Gasteiger partial charge is 0.496 e. The Kier molecular flexibility index (Phi) is 6.75. The summed E-state index contributed by atoms with van der Waals surface area (Å²) < 4.78 is 6.24. The minimum atomic E-state index is -0.0686. The van der Waals surface area contributed by atoms with Gasteiger partial charge in [-0.25, -0.2) is 4.98 Å². The number of nitrogens with one attached hydrogen (secondary N) is 1. The molecule has 0 aliphatic rings. The van der Waals surface area contributed by atoms with Crippen LogP contribution in [-0.2, 0) is 17.0 Å². The van der Waals surface area contributed by atoms with Crippen molar-refractivity contribution in [1.82, 2.24) is 4.98 Å². The number of benzene rings is 2. The molecule has 4 nitrogen and oxygen atoms in total. The minimum Gasteiger partial charge on any atom is -0.496 e. The van der Waals surface area contributed by atoms with E-state index in [1.165, 1.54) is 16.7 Å². The van der Waals surface area contributed by atoms with Crippen molar-refractivity contribution in [1.29, 1.82) is 0 Å². The summed E-state index contributed by atoms with van der Waals surface area (Å²) in [6.45, 7) is 6.19. The third-order valence-corrected chi connectivity index (χ3v) is 6.53. The zero-order valence-corrected chi connectivity index (χ0v) is 18.2. The van der Waals surface area contributed by atoms with Crippen molar-refractivity contribution in [3.8, 4) is 5.75 Å². The SMILES string of the molecule is COc1ccc(NC(=O)Cc2csc(SCc3cc(C)ccc3C)n2)cc1C. The third kappa shape index (κ3) is 5.36. The normalized spacial score (nSPS) is 10.7. The van der Waals surface area contributed by atoms with Crippen LogP contribution in [0.2, 0.25) is 0 Å². The molecule has 3 rings (SSSR count). The van der Waals surface area contributed by atoms with E-state index in [2.05, 4.69) is 42.3 Å². The number of carbonyl (C=O) groups excluding carboxylic acids is 1. The molecule has 0 radical (unpaired) electrons. The van der Waals surface area contributed by atoms with Crippen molar-refractivity contribution in [3.63, 3.8) is 0 Å². The molecule has 0 saturated carbocycles. The lowest BCUT2D eigenvalue weighted by atomic mass is 10.1. The van der Waals surface area contributed by atoms with Crippen LogP contribution in [0.4, 0.5) is 5.69 Å². The van der Waals surface area contributed by atoms with E-state index in [1.807, 2.05) is 30.5 Å². The number of aromatic nitrogens is 1. The highest BCUT2D eigenvalue weighted by molar-refractivity contribution is 8.00. The molecule has 3 aromatic rings. The summed E-state index contributed by atoms with van der Waals surface area (Å²) in [5.74, 6) is 1.63. The Morgan fingerprint density at radius 1 is 1.14 bits per heavy atom. The summed E-state index contributed by atoms with van der Waals surface area (Å²) in [4.78, 5) is 16.9. The molecule has 2 aromatic carbocycles. The highest BCUT2D eigenvalue weighted by Crippen LogP contribution is 2.28. The van der Waals surface area contributed by atoms with Crippen LogP contribution in [0, 0.1) is 20.8 Å². The Balaban J connectivity index is 1.56. The molecule has 1 N–H and O–H groups in total. The van der Waals surface area contributed by atoms with Crippen molar-refractivity contribution in [2.45, 2.75) is 37.3 Å². The maximum atomic E-state index is 12.3. The van der Waals surface area contributed by atoms with Gasteiger partial charge < -0.3 is 10.1 Å². The minimum absolute atomic E-state index is 0.0686. The van der Waals surface area contributed by atoms with Crippen LogP contribution in [0.25, 0.3) is 0 Å². The third-order valence-electron chi connectivity index (χ3n) is 4.41. The molecular weight excluding hydrogens is 388 g/mol. The molecule has 0 bridgehead atoms. The number of aryl methyl sites for hydroxylation is 3. The number of ether oxygens (including phenoxy) is 1. The lowest BCUT2D eigenvalue weighted by Gasteiger charge is -2.08. The van der Waals surface area contributed by atoms with Gasteiger partial charge in [-0.05, 0) is 55.7 Å². The number of thiazole rings is 1. The lowest BCUT2D eigenvalue weighted by molar-refractivity contribution is -0.115. The van der Waals surface area contributed by atoms with Gasteiger partial charge in [-0.2, -0.15) is 0 Å². The first-order valence-electron chi connectivity index (χ1n) is 9.02. The zero-order valence-electron chi connectivity index (χ0n) is 16.5. The van der Waals surface area contributed by atoms with Gasteiger partial charge in [0.25, 0.3) is 0 Å². The summed E-state index contributed by atoms with van der Waals surface area (Å²) in [5, 5.41) is 4.89. The van der Waals surface area contributed by atoms with Crippen LogP contribution < -0.4 is 10.1 Å². The van der Waals surface area contributed by atoms with Crippen molar-refractivity contribution >= 4 is 34.7 Å².